The van der Waals surface area contributed by atoms with Gasteiger partial charge in [0.05, 0.1) is 7.11 Å². The number of nitrogens with two attached hydrogens (primary N) is 1. The van der Waals surface area contributed by atoms with E-state index in [9.17, 15) is 4.39 Å². The molecule has 0 saturated carbocycles. The Morgan fingerprint density at radius 2 is 2.10 bits per heavy atom. The van der Waals surface area contributed by atoms with Crippen molar-refractivity contribution < 1.29 is 9.13 Å². The molecule has 3 rings (SSSR count). The number of rotatable bonds is 3. The summed E-state index contributed by atoms with van der Waals surface area (Å²) in [6.45, 7) is 1.38. The number of anilines is 1. The van der Waals surface area contributed by atoms with Gasteiger partial charge in [0.2, 0.25) is 0 Å². The molecule has 0 saturated heterocycles. The average molecular weight is 286 g/mol. The van der Waals surface area contributed by atoms with Gasteiger partial charge in [0, 0.05) is 36.4 Å². The fourth-order valence-corrected chi connectivity index (χ4v) is 2.81. The van der Waals surface area contributed by atoms with Crippen molar-refractivity contribution in [3.05, 3.63) is 59.4 Å². The van der Waals surface area contributed by atoms with Crippen LogP contribution in [0.1, 0.15) is 23.6 Å². The van der Waals surface area contributed by atoms with Crippen molar-refractivity contribution in [2.24, 2.45) is 5.73 Å². The van der Waals surface area contributed by atoms with Crippen LogP contribution < -0.4 is 15.4 Å². The number of halogens is 1. The van der Waals surface area contributed by atoms with Crippen LogP contribution in [-0.2, 0) is 6.54 Å². The maximum Gasteiger partial charge on any atom is 0.131 e. The molecule has 0 aliphatic carbocycles. The minimum Gasteiger partial charge on any atom is -0.497 e. The summed E-state index contributed by atoms with van der Waals surface area (Å²) in [6, 6.07) is 13.2. The van der Waals surface area contributed by atoms with Gasteiger partial charge in [0.25, 0.3) is 0 Å². The van der Waals surface area contributed by atoms with E-state index in [0.717, 1.165) is 24.2 Å². The first kappa shape index (κ1) is 13.9. The van der Waals surface area contributed by atoms with Crippen molar-refractivity contribution in [3.63, 3.8) is 0 Å². The summed E-state index contributed by atoms with van der Waals surface area (Å²) >= 11 is 0. The van der Waals surface area contributed by atoms with Crippen LogP contribution in [0.3, 0.4) is 0 Å². The third-order valence-corrected chi connectivity index (χ3v) is 4.01. The van der Waals surface area contributed by atoms with Crippen LogP contribution in [0.25, 0.3) is 0 Å². The number of para-hydroxylation sites is 1. The monoisotopic (exact) mass is 286 g/mol. The molecule has 2 aromatic rings. The Bertz CT molecular complexity index is 644. The molecule has 0 fully saturated rings. The van der Waals surface area contributed by atoms with Crippen molar-refractivity contribution in [1.82, 2.24) is 0 Å². The minimum absolute atomic E-state index is 0.0677. The first-order valence-corrected chi connectivity index (χ1v) is 7.11. The fourth-order valence-electron chi connectivity index (χ4n) is 2.81. The van der Waals surface area contributed by atoms with E-state index in [0.29, 0.717) is 17.9 Å². The molecule has 21 heavy (non-hydrogen) atoms. The highest BCUT2D eigenvalue weighted by Crippen LogP contribution is 2.33. The van der Waals surface area contributed by atoms with Gasteiger partial charge < -0.3 is 15.4 Å². The molecular weight excluding hydrogens is 267 g/mol. The molecule has 3 nitrogen and oxygen atoms in total. The highest BCUT2D eigenvalue weighted by Gasteiger charge is 2.22. The molecular formula is C17H19FN2O. The van der Waals surface area contributed by atoms with Crippen molar-refractivity contribution in [3.8, 4) is 5.75 Å². The molecule has 1 heterocycles. The second-order valence-corrected chi connectivity index (χ2v) is 5.33. The Labute approximate surface area is 124 Å². The van der Waals surface area contributed by atoms with Crippen LogP contribution in [0.4, 0.5) is 10.1 Å². The predicted octanol–water partition coefficient (Wildman–Crippen LogP) is 3.24. The molecule has 1 atom stereocenters. The van der Waals surface area contributed by atoms with Gasteiger partial charge in [-0.25, -0.2) is 4.39 Å². The Morgan fingerprint density at radius 3 is 2.86 bits per heavy atom. The highest BCUT2D eigenvalue weighted by molar-refractivity contribution is 5.57. The van der Waals surface area contributed by atoms with Crippen LogP contribution in [0.15, 0.2) is 42.5 Å². The minimum atomic E-state index is -0.235. The zero-order valence-electron chi connectivity index (χ0n) is 12.1. The van der Waals surface area contributed by atoms with Crippen LogP contribution >= 0.6 is 0 Å². The lowest BCUT2D eigenvalue weighted by molar-refractivity contribution is 0.410. The topological polar surface area (TPSA) is 38.5 Å². The summed E-state index contributed by atoms with van der Waals surface area (Å²) in [6.07, 6.45) is 0.884. The van der Waals surface area contributed by atoms with Gasteiger partial charge in [-0.05, 0) is 24.1 Å². The Morgan fingerprint density at radius 1 is 1.29 bits per heavy atom. The molecule has 2 N–H and O–H groups in total. The number of benzene rings is 2. The van der Waals surface area contributed by atoms with Crippen LogP contribution in [0, 0.1) is 5.82 Å². The number of nitrogens with zero attached hydrogens (tertiary/aromatic N) is 1. The molecule has 0 aromatic heterocycles. The summed E-state index contributed by atoms with van der Waals surface area (Å²) in [5.41, 5.74) is 9.06. The first-order valence-electron chi connectivity index (χ1n) is 7.11. The van der Waals surface area contributed by atoms with Crippen LogP contribution in [-0.4, -0.2) is 13.7 Å². The molecule has 0 radical (unpaired) electrons. The van der Waals surface area contributed by atoms with Crippen LogP contribution in [0.5, 0.6) is 5.75 Å². The van der Waals surface area contributed by atoms with Gasteiger partial charge in [0.15, 0.2) is 0 Å². The summed E-state index contributed by atoms with van der Waals surface area (Å²) in [5.74, 6) is 0.305. The molecule has 1 aliphatic heterocycles. The number of fused-ring (bicyclic) bond motifs is 1. The number of ether oxygens (including phenoxy) is 1. The van der Waals surface area contributed by atoms with Gasteiger partial charge in [-0.2, -0.15) is 0 Å². The van der Waals surface area contributed by atoms with E-state index in [1.54, 1.807) is 12.1 Å². The van der Waals surface area contributed by atoms with Crippen molar-refractivity contribution in [1.29, 1.82) is 0 Å². The molecule has 0 amide bonds. The molecule has 1 unspecified atom stereocenters. The van der Waals surface area contributed by atoms with Crippen molar-refractivity contribution in [2.75, 3.05) is 18.6 Å². The zero-order chi connectivity index (χ0) is 14.8. The Kier molecular flexibility index (Phi) is 3.80. The fraction of sp³-hybridized carbons (Fsp3) is 0.294. The van der Waals surface area contributed by atoms with Crippen molar-refractivity contribution >= 4 is 5.69 Å². The lowest BCUT2D eigenvalue weighted by Crippen LogP contribution is -2.33. The predicted molar refractivity (Wildman–Crippen MR) is 82.0 cm³/mol. The lowest BCUT2D eigenvalue weighted by atomic mass is 9.96. The zero-order valence-corrected chi connectivity index (χ0v) is 12.1. The summed E-state index contributed by atoms with van der Waals surface area (Å²) < 4.78 is 19.2. The third-order valence-electron chi connectivity index (χ3n) is 4.01. The smallest absolute Gasteiger partial charge is 0.131 e. The molecule has 0 bridgehead atoms. The van der Waals surface area contributed by atoms with E-state index in [4.69, 9.17) is 10.5 Å². The largest absolute Gasteiger partial charge is 0.497 e. The highest BCUT2D eigenvalue weighted by atomic mass is 19.1. The van der Waals surface area contributed by atoms with Crippen molar-refractivity contribution in [2.45, 2.75) is 19.0 Å². The van der Waals surface area contributed by atoms with E-state index in [2.05, 4.69) is 17.0 Å². The average Bonchev–Trinajstić information content (AvgIpc) is 2.52. The summed E-state index contributed by atoms with van der Waals surface area (Å²) in [7, 11) is 1.54. The summed E-state index contributed by atoms with van der Waals surface area (Å²) in [4.78, 5) is 2.18. The summed E-state index contributed by atoms with van der Waals surface area (Å²) in [5, 5.41) is 0. The second kappa shape index (κ2) is 5.74. The second-order valence-electron chi connectivity index (χ2n) is 5.33. The SMILES string of the molecule is COc1ccc(CN2CCC(N)c3ccccc32)c(F)c1. The van der Waals surface area contributed by atoms with E-state index >= 15 is 0 Å². The van der Waals surface area contributed by atoms with E-state index in [-0.39, 0.29) is 11.9 Å². The van der Waals surface area contributed by atoms with Gasteiger partial charge in [-0.15, -0.1) is 0 Å². The van der Waals surface area contributed by atoms with Crippen LogP contribution in [0.2, 0.25) is 0 Å². The van der Waals surface area contributed by atoms with Gasteiger partial charge >= 0.3 is 0 Å². The molecule has 2 aromatic carbocycles. The van der Waals surface area contributed by atoms with E-state index in [1.165, 1.54) is 13.2 Å². The van der Waals surface area contributed by atoms with Gasteiger partial charge in [0.1, 0.15) is 11.6 Å². The quantitative estimate of drug-likeness (QED) is 0.941. The lowest BCUT2D eigenvalue weighted by Gasteiger charge is -2.34. The molecule has 4 heteroatoms. The number of hydrogen-bond donors (Lipinski definition) is 1. The number of hydrogen-bond acceptors (Lipinski definition) is 3. The van der Waals surface area contributed by atoms with E-state index in [1.807, 2.05) is 12.1 Å². The van der Waals surface area contributed by atoms with Gasteiger partial charge in [-0.1, -0.05) is 24.3 Å². The standard InChI is InChI=1S/C17H19FN2O/c1-21-13-7-6-12(15(18)10-13)11-20-9-8-16(19)14-4-2-3-5-17(14)20/h2-7,10,16H,8-9,11,19H2,1H3. The Balaban J connectivity index is 1.88. The third kappa shape index (κ3) is 2.72. The molecule has 1 aliphatic rings. The maximum absolute atomic E-state index is 14.1. The maximum atomic E-state index is 14.1. The normalized spacial score (nSPS) is 17.5. The first-order chi connectivity index (χ1) is 10.2. The molecule has 0 spiro atoms. The number of methoxy groups -OCH3 is 1. The Hall–Kier alpha value is -2.07. The van der Waals surface area contributed by atoms with E-state index < -0.39 is 0 Å². The molecule has 110 valence electrons. The van der Waals surface area contributed by atoms with Gasteiger partial charge in [-0.3, -0.25) is 0 Å².